The molecule has 1 aromatic rings. The molecule has 21 heavy (non-hydrogen) atoms. The minimum Gasteiger partial charge on any atom is -0.363 e. The van der Waals surface area contributed by atoms with Crippen LogP contribution >= 0.6 is 0 Å². The second kappa shape index (κ2) is 7.93. The minimum absolute atomic E-state index is 0.0371. The zero-order chi connectivity index (χ0) is 15.1. The van der Waals surface area contributed by atoms with Crippen molar-refractivity contribution in [1.82, 2.24) is 10.3 Å². The van der Waals surface area contributed by atoms with Gasteiger partial charge in [-0.15, -0.1) is 0 Å². The van der Waals surface area contributed by atoms with E-state index in [1.807, 2.05) is 6.92 Å². The van der Waals surface area contributed by atoms with Gasteiger partial charge in [-0.2, -0.15) is 0 Å². The van der Waals surface area contributed by atoms with Crippen LogP contribution in [-0.4, -0.2) is 29.0 Å². The summed E-state index contributed by atoms with van der Waals surface area (Å²) in [5.41, 5.74) is 0.815. The molecule has 0 unspecified atom stereocenters. The molecule has 0 spiro atoms. The van der Waals surface area contributed by atoms with Crippen molar-refractivity contribution >= 4 is 11.5 Å². The van der Waals surface area contributed by atoms with E-state index < -0.39 is 4.92 Å². The number of hydrogen-bond acceptors (Lipinski definition) is 5. The van der Waals surface area contributed by atoms with Crippen LogP contribution in [-0.2, 0) is 0 Å². The third-order valence-electron chi connectivity index (χ3n) is 3.92. The van der Waals surface area contributed by atoms with E-state index in [0.29, 0.717) is 18.4 Å². The highest BCUT2D eigenvalue weighted by molar-refractivity contribution is 5.56. The number of pyridine rings is 1. The Morgan fingerprint density at radius 3 is 2.62 bits per heavy atom. The number of aromatic nitrogens is 1. The summed E-state index contributed by atoms with van der Waals surface area (Å²) in [5, 5.41) is 17.6. The van der Waals surface area contributed by atoms with Gasteiger partial charge in [-0.05, 0) is 25.8 Å². The van der Waals surface area contributed by atoms with Gasteiger partial charge in [0.25, 0.3) is 0 Å². The Kier molecular flexibility index (Phi) is 5.92. The summed E-state index contributed by atoms with van der Waals surface area (Å²) in [4.78, 5) is 14.8. The van der Waals surface area contributed by atoms with Crippen LogP contribution in [0, 0.1) is 17.0 Å². The largest absolute Gasteiger partial charge is 0.363 e. The molecule has 0 bridgehead atoms. The smallest absolute Gasteiger partial charge is 0.311 e. The van der Waals surface area contributed by atoms with Crippen LogP contribution in [0.4, 0.5) is 11.5 Å². The molecule has 0 aliphatic heterocycles. The predicted octanol–water partition coefficient (Wildman–Crippen LogP) is 3.02. The number of rotatable bonds is 6. The molecule has 1 aliphatic carbocycles. The maximum atomic E-state index is 11.0. The summed E-state index contributed by atoms with van der Waals surface area (Å²) in [5.74, 6) is 0.364. The first-order valence-corrected chi connectivity index (χ1v) is 7.76. The van der Waals surface area contributed by atoms with Gasteiger partial charge >= 0.3 is 5.69 Å². The highest BCUT2D eigenvalue weighted by Crippen LogP contribution is 2.21. The number of anilines is 1. The molecule has 0 aromatic carbocycles. The van der Waals surface area contributed by atoms with Crippen LogP contribution in [0.2, 0.25) is 0 Å². The van der Waals surface area contributed by atoms with Gasteiger partial charge in [-0.25, -0.2) is 4.98 Å². The fraction of sp³-hybridized carbons (Fsp3) is 0.667. The SMILES string of the molecule is Cc1ccc([N+](=O)[O-])c(NCCNC2CCCCCC2)n1. The lowest BCUT2D eigenvalue weighted by atomic mass is 10.1. The van der Waals surface area contributed by atoms with Gasteiger partial charge in [0.1, 0.15) is 0 Å². The Hall–Kier alpha value is -1.69. The first-order chi connectivity index (χ1) is 10.2. The average Bonchev–Trinajstić information content (AvgIpc) is 2.72. The molecule has 6 nitrogen and oxygen atoms in total. The van der Waals surface area contributed by atoms with Gasteiger partial charge in [0.2, 0.25) is 5.82 Å². The van der Waals surface area contributed by atoms with Crippen LogP contribution in [0.3, 0.4) is 0 Å². The number of nitrogens with zero attached hydrogens (tertiary/aromatic N) is 2. The number of aryl methyl sites for hydroxylation is 1. The van der Waals surface area contributed by atoms with Crippen LogP contribution < -0.4 is 10.6 Å². The average molecular weight is 292 g/mol. The molecule has 1 aliphatic rings. The Balaban J connectivity index is 1.80. The molecule has 0 radical (unpaired) electrons. The summed E-state index contributed by atoms with van der Waals surface area (Å²) in [6.45, 7) is 3.28. The van der Waals surface area contributed by atoms with Crippen molar-refractivity contribution in [3.63, 3.8) is 0 Å². The molecule has 6 heteroatoms. The summed E-state index contributed by atoms with van der Waals surface area (Å²) in [6, 6.07) is 3.76. The number of nitro groups is 1. The molecule has 1 heterocycles. The molecule has 0 atom stereocenters. The quantitative estimate of drug-likeness (QED) is 0.364. The van der Waals surface area contributed by atoms with Crippen molar-refractivity contribution in [2.45, 2.75) is 51.5 Å². The van der Waals surface area contributed by atoms with Gasteiger partial charge in [-0.3, -0.25) is 10.1 Å². The first-order valence-electron chi connectivity index (χ1n) is 7.76. The number of hydrogen-bond donors (Lipinski definition) is 2. The molecule has 2 N–H and O–H groups in total. The number of nitrogens with one attached hydrogen (secondary N) is 2. The van der Waals surface area contributed by atoms with E-state index in [-0.39, 0.29) is 5.69 Å². The molecular formula is C15H24N4O2. The maximum Gasteiger partial charge on any atom is 0.311 e. The van der Waals surface area contributed by atoms with Crippen molar-refractivity contribution < 1.29 is 4.92 Å². The van der Waals surface area contributed by atoms with Gasteiger partial charge in [0, 0.05) is 30.9 Å². The fourth-order valence-corrected chi connectivity index (χ4v) is 2.77. The van der Waals surface area contributed by atoms with Crippen LogP contribution in [0.1, 0.15) is 44.2 Å². The van der Waals surface area contributed by atoms with E-state index in [4.69, 9.17) is 0 Å². The predicted molar refractivity (Wildman–Crippen MR) is 83.6 cm³/mol. The third kappa shape index (κ3) is 4.97. The van der Waals surface area contributed by atoms with Crippen molar-refractivity contribution in [2.24, 2.45) is 0 Å². The van der Waals surface area contributed by atoms with Crippen molar-refractivity contribution in [3.05, 3.63) is 27.9 Å². The normalized spacial score (nSPS) is 16.4. The molecule has 116 valence electrons. The van der Waals surface area contributed by atoms with Crippen LogP contribution in [0.15, 0.2) is 12.1 Å². The summed E-state index contributed by atoms with van der Waals surface area (Å²) < 4.78 is 0. The molecule has 1 saturated carbocycles. The molecule has 0 amide bonds. The Bertz CT molecular complexity index is 471. The van der Waals surface area contributed by atoms with E-state index >= 15 is 0 Å². The Labute approximate surface area is 125 Å². The molecule has 0 saturated heterocycles. The van der Waals surface area contributed by atoms with Gasteiger partial charge in [0.05, 0.1) is 4.92 Å². The second-order valence-corrected chi connectivity index (χ2v) is 5.65. The Morgan fingerprint density at radius 2 is 1.95 bits per heavy atom. The highest BCUT2D eigenvalue weighted by Gasteiger charge is 2.15. The standard InChI is InChI=1S/C15H24N4O2/c1-12-8-9-14(19(20)21)15(18-12)17-11-10-16-13-6-4-2-3-5-7-13/h8-9,13,16H,2-7,10-11H2,1H3,(H,17,18). The van der Waals surface area contributed by atoms with E-state index in [1.54, 1.807) is 6.07 Å². The van der Waals surface area contributed by atoms with E-state index in [9.17, 15) is 10.1 Å². The van der Waals surface area contributed by atoms with Crippen molar-refractivity contribution in [1.29, 1.82) is 0 Å². The summed E-state index contributed by atoms with van der Waals surface area (Å²) in [7, 11) is 0. The molecule has 2 rings (SSSR count). The zero-order valence-corrected chi connectivity index (χ0v) is 12.6. The zero-order valence-electron chi connectivity index (χ0n) is 12.6. The van der Waals surface area contributed by atoms with Gasteiger partial charge in [-0.1, -0.05) is 25.7 Å². The van der Waals surface area contributed by atoms with Gasteiger partial charge < -0.3 is 10.6 Å². The molecular weight excluding hydrogens is 268 g/mol. The fourth-order valence-electron chi connectivity index (χ4n) is 2.77. The van der Waals surface area contributed by atoms with E-state index in [0.717, 1.165) is 12.2 Å². The maximum absolute atomic E-state index is 11.0. The minimum atomic E-state index is -0.395. The lowest BCUT2D eigenvalue weighted by molar-refractivity contribution is -0.384. The first kappa shape index (κ1) is 15.7. The van der Waals surface area contributed by atoms with Gasteiger partial charge in [0.15, 0.2) is 0 Å². The van der Waals surface area contributed by atoms with Crippen LogP contribution in [0.5, 0.6) is 0 Å². The monoisotopic (exact) mass is 292 g/mol. The highest BCUT2D eigenvalue weighted by atomic mass is 16.6. The van der Waals surface area contributed by atoms with Crippen molar-refractivity contribution in [3.8, 4) is 0 Å². The topological polar surface area (TPSA) is 80.1 Å². The lowest BCUT2D eigenvalue weighted by Gasteiger charge is -2.16. The lowest BCUT2D eigenvalue weighted by Crippen LogP contribution is -2.32. The van der Waals surface area contributed by atoms with Crippen LogP contribution in [0.25, 0.3) is 0 Å². The van der Waals surface area contributed by atoms with E-state index in [1.165, 1.54) is 44.6 Å². The Morgan fingerprint density at radius 1 is 1.24 bits per heavy atom. The second-order valence-electron chi connectivity index (χ2n) is 5.65. The third-order valence-corrected chi connectivity index (χ3v) is 3.92. The summed E-state index contributed by atoms with van der Waals surface area (Å²) in [6.07, 6.45) is 7.77. The molecule has 1 aromatic heterocycles. The van der Waals surface area contributed by atoms with E-state index in [2.05, 4.69) is 15.6 Å². The van der Waals surface area contributed by atoms with Crippen molar-refractivity contribution in [2.75, 3.05) is 18.4 Å². The summed E-state index contributed by atoms with van der Waals surface area (Å²) >= 11 is 0. The molecule has 1 fully saturated rings.